The highest BCUT2D eigenvalue weighted by molar-refractivity contribution is 8.01. The summed E-state index contributed by atoms with van der Waals surface area (Å²) in [4.78, 5) is 10.8. The summed E-state index contributed by atoms with van der Waals surface area (Å²) in [6.45, 7) is 3.68. The molecule has 4 N–H and O–H groups in total. The molecule has 0 aromatic heterocycles. The molecule has 0 bridgehead atoms. The molecule has 0 aromatic rings. The summed E-state index contributed by atoms with van der Waals surface area (Å²) in [7, 11) is 0. The quantitative estimate of drug-likeness (QED) is 0.307. The van der Waals surface area contributed by atoms with E-state index >= 15 is 0 Å². The van der Waals surface area contributed by atoms with E-state index in [1.807, 2.05) is 6.92 Å². The van der Waals surface area contributed by atoms with E-state index in [1.54, 1.807) is 6.92 Å². The van der Waals surface area contributed by atoms with Crippen LogP contribution in [0.2, 0.25) is 0 Å². The van der Waals surface area contributed by atoms with Crippen LogP contribution in [0.1, 0.15) is 13.8 Å². The highest BCUT2D eigenvalue weighted by Crippen LogP contribution is 2.16. The molecule has 0 aliphatic carbocycles. The van der Waals surface area contributed by atoms with Gasteiger partial charge >= 0.3 is 0 Å². The molecule has 1 amide bonds. The molecule has 0 saturated heterocycles. The predicted octanol–water partition coefficient (Wildman–Crippen LogP) is -0.521. The number of nitrogens with two attached hydrogens (primary N) is 1. The minimum atomic E-state index is -0.213. The van der Waals surface area contributed by atoms with Crippen molar-refractivity contribution in [3.05, 3.63) is 0 Å². The van der Waals surface area contributed by atoms with Crippen molar-refractivity contribution in [1.82, 2.24) is 5.43 Å². The number of nitrogens with one attached hydrogen (secondary N) is 1. The molecule has 0 heterocycles. The molecule has 0 aromatic carbocycles. The first-order chi connectivity index (χ1) is 5.11. The molecular formula is C6H14N2O2S. The van der Waals surface area contributed by atoms with Gasteiger partial charge in [0.15, 0.2) is 0 Å². The van der Waals surface area contributed by atoms with Crippen LogP contribution in [0.4, 0.5) is 0 Å². The van der Waals surface area contributed by atoms with Crippen molar-refractivity contribution < 1.29 is 9.90 Å². The zero-order chi connectivity index (χ0) is 8.85. The highest BCUT2D eigenvalue weighted by atomic mass is 32.2. The van der Waals surface area contributed by atoms with Crippen molar-refractivity contribution in [3.8, 4) is 0 Å². The first-order valence-electron chi connectivity index (χ1n) is 3.38. The highest BCUT2D eigenvalue weighted by Gasteiger charge is 2.14. The standard InChI is InChI=1S/C6H14N2O2S/c1-4(3-9)11-5(2)6(10)8-7/h4-5,9H,3,7H2,1-2H3,(H,8,10). The zero-order valence-corrected chi connectivity index (χ0v) is 7.52. The van der Waals surface area contributed by atoms with Gasteiger partial charge in [0.2, 0.25) is 5.91 Å². The summed E-state index contributed by atoms with van der Waals surface area (Å²) in [6, 6.07) is 0. The van der Waals surface area contributed by atoms with Crippen LogP contribution in [0.5, 0.6) is 0 Å². The molecule has 66 valence electrons. The third kappa shape index (κ3) is 4.23. The fourth-order valence-corrected chi connectivity index (χ4v) is 1.55. The molecule has 5 heteroatoms. The van der Waals surface area contributed by atoms with Crippen molar-refractivity contribution in [1.29, 1.82) is 0 Å². The molecule has 0 aliphatic heterocycles. The number of hydrogen-bond donors (Lipinski definition) is 3. The Morgan fingerprint density at radius 2 is 2.27 bits per heavy atom. The molecule has 4 nitrogen and oxygen atoms in total. The first kappa shape index (κ1) is 10.7. The van der Waals surface area contributed by atoms with Crippen LogP contribution >= 0.6 is 11.8 Å². The van der Waals surface area contributed by atoms with Crippen molar-refractivity contribution >= 4 is 17.7 Å². The number of carbonyl (C=O) groups is 1. The maximum Gasteiger partial charge on any atom is 0.246 e. The van der Waals surface area contributed by atoms with Crippen LogP contribution in [0.25, 0.3) is 0 Å². The van der Waals surface area contributed by atoms with Crippen LogP contribution in [0.15, 0.2) is 0 Å². The minimum absolute atomic E-state index is 0.0716. The average Bonchev–Trinajstić information content (AvgIpc) is 2.02. The summed E-state index contributed by atoms with van der Waals surface area (Å²) in [6.07, 6.45) is 0. The first-order valence-corrected chi connectivity index (χ1v) is 4.32. The molecule has 2 atom stereocenters. The van der Waals surface area contributed by atoms with Gasteiger partial charge < -0.3 is 5.11 Å². The Morgan fingerprint density at radius 1 is 1.73 bits per heavy atom. The van der Waals surface area contributed by atoms with Crippen LogP contribution in [0, 0.1) is 0 Å². The Balaban J connectivity index is 3.67. The molecule has 0 spiro atoms. The van der Waals surface area contributed by atoms with Crippen molar-refractivity contribution in [2.75, 3.05) is 6.61 Å². The van der Waals surface area contributed by atoms with E-state index in [9.17, 15) is 4.79 Å². The second-order valence-corrected chi connectivity index (χ2v) is 4.06. The topological polar surface area (TPSA) is 75.3 Å². The third-order valence-electron chi connectivity index (χ3n) is 1.21. The Labute approximate surface area is 70.5 Å². The summed E-state index contributed by atoms with van der Waals surface area (Å²) in [5.41, 5.74) is 2.05. The summed E-state index contributed by atoms with van der Waals surface area (Å²) >= 11 is 1.39. The number of carbonyl (C=O) groups excluding carboxylic acids is 1. The van der Waals surface area contributed by atoms with Gasteiger partial charge in [-0.05, 0) is 6.92 Å². The number of hydrazine groups is 1. The Hall–Kier alpha value is -0.260. The van der Waals surface area contributed by atoms with Gasteiger partial charge in [-0.1, -0.05) is 6.92 Å². The van der Waals surface area contributed by atoms with Gasteiger partial charge in [0, 0.05) is 5.25 Å². The van der Waals surface area contributed by atoms with Gasteiger partial charge in [-0.2, -0.15) is 0 Å². The largest absolute Gasteiger partial charge is 0.395 e. The molecule has 2 unspecified atom stereocenters. The number of amides is 1. The van der Waals surface area contributed by atoms with E-state index in [0.717, 1.165) is 0 Å². The van der Waals surface area contributed by atoms with E-state index in [4.69, 9.17) is 10.9 Å². The fourth-order valence-electron chi connectivity index (χ4n) is 0.571. The molecule has 0 saturated carbocycles. The second kappa shape index (κ2) is 5.40. The maximum atomic E-state index is 10.8. The van der Waals surface area contributed by atoms with Gasteiger partial charge in [0.1, 0.15) is 0 Å². The molecule has 11 heavy (non-hydrogen) atoms. The summed E-state index contributed by atoms with van der Waals surface area (Å²) < 4.78 is 0. The number of thioether (sulfide) groups is 1. The van der Waals surface area contributed by atoms with Gasteiger partial charge in [-0.15, -0.1) is 11.8 Å². The molecule has 0 rings (SSSR count). The maximum absolute atomic E-state index is 10.8. The molecule has 0 aliphatic rings. The average molecular weight is 178 g/mol. The zero-order valence-electron chi connectivity index (χ0n) is 6.70. The van der Waals surface area contributed by atoms with Gasteiger partial charge in [-0.25, -0.2) is 5.84 Å². The van der Waals surface area contributed by atoms with E-state index in [0.29, 0.717) is 0 Å². The van der Waals surface area contributed by atoms with Gasteiger partial charge in [-0.3, -0.25) is 10.2 Å². The van der Waals surface area contributed by atoms with Crippen LogP contribution in [-0.2, 0) is 4.79 Å². The minimum Gasteiger partial charge on any atom is -0.395 e. The summed E-state index contributed by atoms with van der Waals surface area (Å²) in [5, 5.41) is 8.52. The number of aliphatic hydroxyl groups excluding tert-OH is 1. The normalized spacial score (nSPS) is 15.6. The Morgan fingerprint density at radius 3 is 2.64 bits per heavy atom. The Kier molecular flexibility index (Phi) is 5.27. The number of hydrogen-bond acceptors (Lipinski definition) is 4. The molecular weight excluding hydrogens is 164 g/mol. The van der Waals surface area contributed by atoms with Gasteiger partial charge in [0.05, 0.1) is 11.9 Å². The summed E-state index contributed by atoms with van der Waals surface area (Å²) in [5.74, 6) is 4.70. The lowest BCUT2D eigenvalue weighted by Crippen LogP contribution is -2.37. The van der Waals surface area contributed by atoms with Gasteiger partial charge in [0.25, 0.3) is 0 Å². The SMILES string of the molecule is CC(CO)SC(C)C(=O)NN. The Bertz CT molecular complexity index is 132. The predicted molar refractivity (Wildman–Crippen MR) is 45.9 cm³/mol. The second-order valence-electron chi connectivity index (χ2n) is 2.28. The van der Waals surface area contributed by atoms with E-state index in [-0.39, 0.29) is 23.0 Å². The van der Waals surface area contributed by atoms with Crippen LogP contribution in [0.3, 0.4) is 0 Å². The lowest BCUT2D eigenvalue weighted by molar-refractivity contribution is -0.120. The number of rotatable bonds is 4. The molecule has 0 fully saturated rings. The van der Waals surface area contributed by atoms with E-state index < -0.39 is 0 Å². The smallest absolute Gasteiger partial charge is 0.246 e. The lowest BCUT2D eigenvalue weighted by Gasteiger charge is -2.12. The molecule has 0 radical (unpaired) electrons. The van der Waals surface area contributed by atoms with Crippen LogP contribution in [-0.4, -0.2) is 28.1 Å². The van der Waals surface area contributed by atoms with Crippen LogP contribution < -0.4 is 11.3 Å². The lowest BCUT2D eigenvalue weighted by atomic mass is 10.5. The number of aliphatic hydroxyl groups is 1. The van der Waals surface area contributed by atoms with Crippen molar-refractivity contribution in [2.45, 2.75) is 24.3 Å². The van der Waals surface area contributed by atoms with E-state index in [1.165, 1.54) is 11.8 Å². The third-order valence-corrected chi connectivity index (χ3v) is 2.44. The van der Waals surface area contributed by atoms with E-state index in [2.05, 4.69) is 5.43 Å². The van der Waals surface area contributed by atoms with Crippen molar-refractivity contribution in [3.63, 3.8) is 0 Å². The monoisotopic (exact) mass is 178 g/mol. The van der Waals surface area contributed by atoms with Crippen molar-refractivity contribution in [2.24, 2.45) is 5.84 Å². The fraction of sp³-hybridized carbons (Fsp3) is 0.833.